The molecule has 0 saturated heterocycles. The minimum absolute atomic E-state index is 0.0658. The van der Waals surface area contributed by atoms with Gasteiger partial charge >= 0.3 is 0 Å². The number of pyridine rings is 1. The van der Waals surface area contributed by atoms with Crippen molar-refractivity contribution < 1.29 is 18.7 Å². The van der Waals surface area contributed by atoms with E-state index in [1.54, 1.807) is 30.5 Å². The second-order valence-corrected chi connectivity index (χ2v) is 7.16. The Balaban J connectivity index is 1.41. The number of hydrazone groups is 1. The first-order valence-electron chi connectivity index (χ1n) is 10.3. The summed E-state index contributed by atoms with van der Waals surface area (Å²) in [5, 5.41) is 3.85. The lowest BCUT2D eigenvalue weighted by molar-refractivity contribution is 0.0950. The van der Waals surface area contributed by atoms with Crippen molar-refractivity contribution in [2.45, 2.75) is 32.3 Å². The van der Waals surface area contributed by atoms with E-state index >= 15 is 0 Å². The van der Waals surface area contributed by atoms with Crippen molar-refractivity contribution in [1.82, 2.24) is 20.4 Å². The van der Waals surface area contributed by atoms with Crippen molar-refractivity contribution in [2.24, 2.45) is 5.10 Å². The van der Waals surface area contributed by atoms with E-state index in [0.29, 0.717) is 29.5 Å². The largest absolute Gasteiger partial charge is 0.490 e. The highest BCUT2D eigenvalue weighted by atomic mass is 19.1. The van der Waals surface area contributed by atoms with Crippen LogP contribution >= 0.6 is 0 Å². The van der Waals surface area contributed by atoms with Crippen molar-refractivity contribution in [1.29, 1.82) is 0 Å². The van der Waals surface area contributed by atoms with Gasteiger partial charge < -0.3 is 9.47 Å². The molecule has 1 amide bonds. The molecule has 1 aromatic carbocycles. The normalized spacial score (nSPS) is 13.6. The van der Waals surface area contributed by atoms with Crippen molar-refractivity contribution in [3.05, 3.63) is 66.0 Å². The molecule has 9 heteroatoms. The number of amides is 1. The summed E-state index contributed by atoms with van der Waals surface area (Å²) < 4.78 is 25.2. The molecule has 3 aromatic rings. The lowest BCUT2D eigenvalue weighted by Crippen LogP contribution is -2.24. The highest BCUT2D eigenvalue weighted by molar-refractivity contribution is 5.93. The van der Waals surface area contributed by atoms with Crippen LogP contribution in [0.4, 0.5) is 4.39 Å². The Bertz CT molecular complexity index is 1120. The third-order valence-electron chi connectivity index (χ3n) is 4.88. The Morgan fingerprint density at radius 1 is 1.25 bits per heavy atom. The molecule has 1 saturated carbocycles. The molecule has 4 rings (SSSR count). The third-order valence-corrected chi connectivity index (χ3v) is 4.88. The topological polar surface area (TPSA) is 98.6 Å². The molecule has 0 aliphatic heterocycles. The predicted molar refractivity (Wildman–Crippen MR) is 116 cm³/mol. The maximum atomic E-state index is 14.1. The Kier molecular flexibility index (Phi) is 6.64. The van der Waals surface area contributed by atoms with E-state index in [1.165, 1.54) is 24.7 Å². The minimum atomic E-state index is -0.572. The van der Waals surface area contributed by atoms with Gasteiger partial charge in [0.25, 0.3) is 5.91 Å². The number of rotatable bonds is 8. The van der Waals surface area contributed by atoms with Crippen LogP contribution < -0.4 is 14.9 Å². The second-order valence-electron chi connectivity index (χ2n) is 7.16. The van der Waals surface area contributed by atoms with Gasteiger partial charge in [0.15, 0.2) is 0 Å². The van der Waals surface area contributed by atoms with E-state index in [0.717, 1.165) is 19.3 Å². The summed E-state index contributed by atoms with van der Waals surface area (Å²) in [6, 6.07) is 7.96. The van der Waals surface area contributed by atoms with Crippen LogP contribution in [0.3, 0.4) is 0 Å². The first kappa shape index (κ1) is 21.4. The molecule has 2 heterocycles. The van der Waals surface area contributed by atoms with Crippen LogP contribution in [-0.2, 0) is 0 Å². The highest BCUT2D eigenvalue weighted by Crippen LogP contribution is 2.26. The fraction of sp³-hybridized carbons (Fsp3) is 0.261. The second kappa shape index (κ2) is 9.95. The number of ether oxygens (including phenoxy) is 2. The van der Waals surface area contributed by atoms with E-state index in [4.69, 9.17) is 9.47 Å². The Labute approximate surface area is 184 Å². The Morgan fingerprint density at radius 2 is 2.12 bits per heavy atom. The molecule has 164 valence electrons. The number of hydrogen-bond acceptors (Lipinski definition) is 7. The lowest BCUT2D eigenvalue weighted by Gasteiger charge is -2.26. The van der Waals surface area contributed by atoms with E-state index in [9.17, 15) is 9.18 Å². The molecule has 0 unspecified atom stereocenters. The van der Waals surface area contributed by atoms with Gasteiger partial charge in [-0.25, -0.2) is 19.8 Å². The average molecular weight is 435 g/mol. The standard InChI is InChI=1S/C23H22FN5O3/c1-2-31-22-9-6-15(11-26-22)20-13-25-14-21(28-20)23(30)29-27-12-16-10-18(7-8-19(16)24)32-17-4-3-5-17/h6-14,17H,2-5H2,1H3,(H,29,30)/b27-12+. The van der Waals surface area contributed by atoms with Crippen LogP contribution in [0.1, 0.15) is 42.2 Å². The third kappa shape index (κ3) is 5.23. The maximum absolute atomic E-state index is 14.1. The van der Waals surface area contributed by atoms with Gasteiger partial charge in [0.2, 0.25) is 5.88 Å². The van der Waals surface area contributed by atoms with Crippen LogP contribution in [-0.4, -0.2) is 39.8 Å². The van der Waals surface area contributed by atoms with Crippen molar-refractivity contribution >= 4 is 12.1 Å². The van der Waals surface area contributed by atoms with Crippen LogP contribution in [0, 0.1) is 5.82 Å². The maximum Gasteiger partial charge on any atom is 0.291 e. The van der Waals surface area contributed by atoms with Gasteiger partial charge in [0.05, 0.1) is 37.0 Å². The predicted octanol–water partition coefficient (Wildman–Crippen LogP) is 3.77. The van der Waals surface area contributed by atoms with Gasteiger partial charge in [-0.15, -0.1) is 0 Å². The van der Waals surface area contributed by atoms with E-state index < -0.39 is 11.7 Å². The van der Waals surface area contributed by atoms with E-state index in [-0.39, 0.29) is 17.4 Å². The van der Waals surface area contributed by atoms with Gasteiger partial charge in [0, 0.05) is 23.4 Å². The molecular weight excluding hydrogens is 413 g/mol. The van der Waals surface area contributed by atoms with Crippen LogP contribution in [0.2, 0.25) is 0 Å². The number of aromatic nitrogens is 3. The van der Waals surface area contributed by atoms with E-state index in [1.807, 2.05) is 6.92 Å². The number of nitrogens with one attached hydrogen (secondary N) is 1. The molecular formula is C23H22FN5O3. The molecule has 1 aliphatic carbocycles. The summed E-state index contributed by atoms with van der Waals surface area (Å²) >= 11 is 0. The summed E-state index contributed by atoms with van der Waals surface area (Å²) in [5.41, 5.74) is 3.78. The smallest absolute Gasteiger partial charge is 0.291 e. The van der Waals surface area contributed by atoms with Gasteiger partial charge in [0.1, 0.15) is 17.3 Å². The molecule has 32 heavy (non-hydrogen) atoms. The lowest BCUT2D eigenvalue weighted by atomic mass is 9.96. The van der Waals surface area contributed by atoms with E-state index in [2.05, 4.69) is 25.5 Å². The molecule has 0 atom stereocenters. The monoisotopic (exact) mass is 435 g/mol. The summed E-state index contributed by atoms with van der Waals surface area (Å²) in [5.74, 6) is 0.0405. The summed E-state index contributed by atoms with van der Waals surface area (Å²) in [7, 11) is 0. The Hall–Kier alpha value is -3.88. The fourth-order valence-corrected chi connectivity index (χ4v) is 2.97. The first-order chi connectivity index (χ1) is 15.6. The molecule has 2 aromatic heterocycles. The van der Waals surface area contributed by atoms with Gasteiger partial charge in [-0.2, -0.15) is 5.10 Å². The molecule has 1 N–H and O–H groups in total. The number of nitrogens with zero attached hydrogens (tertiary/aromatic N) is 4. The first-order valence-corrected chi connectivity index (χ1v) is 10.3. The number of hydrogen-bond donors (Lipinski definition) is 1. The fourth-order valence-electron chi connectivity index (χ4n) is 2.97. The zero-order valence-corrected chi connectivity index (χ0v) is 17.5. The summed E-state index contributed by atoms with van der Waals surface area (Å²) in [6.07, 6.45) is 9.01. The average Bonchev–Trinajstić information content (AvgIpc) is 2.79. The summed E-state index contributed by atoms with van der Waals surface area (Å²) in [6.45, 7) is 2.39. The van der Waals surface area contributed by atoms with Crippen molar-refractivity contribution in [3.63, 3.8) is 0 Å². The van der Waals surface area contributed by atoms with Crippen LogP contribution in [0.25, 0.3) is 11.3 Å². The van der Waals surface area contributed by atoms with Gasteiger partial charge in [-0.05, 0) is 50.5 Å². The Morgan fingerprint density at radius 3 is 2.84 bits per heavy atom. The molecule has 0 spiro atoms. The number of carbonyl (C=O) groups is 1. The van der Waals surface area contributed by atoms with Crippen LogP contribution in [0.5, 0.6) is 11.6 Å². The quantitative estimate of drug-likeness (QED) is 0.427. The molecule has 0 radical (unpaired) electrons. The number of halogens is 1. The molecule has 1 aliphatic rings. The SMILES string of the molecule is CCOc1ccc(-c2cncc(C(=O)N/N=C/c3cc(OC4CCC4)ccc3F)n2)cn1. The van der Waals surface area contributed by atoms with Gasteiger partial charge in [-0.3, -0.25) is 9.78 Å². The highest BCUT2D eigenvalue weighted by Gasteiger charge is 2.19. The molecule has 1 fully saturated rings. The van der Waals surface area contributed by atoms with Crippen molar-refractivity contribution in [3.8, 4) is 22.9 Å². The van der Waals surface area contributed by atoms with Crippen molar-refractivity contribution in [2.75, 3.05) is 6.61 Å². The van der Waals surface area contributed by atoms with Crippen LogP contribution in [0.15, 0.2) is 54.0 Å². The number of benzene rings is 1. The zero-order valence-electron chi connectivity index (χ0n) is 17.5. The number of carbonyl (C=O) groups excluding carboxylic acids is 1. The van der Waals surface area contributed by atoms with Gasteiger partial charge in [-0.1, -0.05) is 0 Å². The summed E-state index contributed by atoms with van der Waals surface area (Å²) in [4.78, 5) is 25.0. The minimum Gasteiger partial charge on any atom is -0.490 e. The molecule has 8 nitrogen and oxygen atoms in total. The molecule has 0 bridgehead atoms. The zero-order chi connectivity index (χ0) is 22.3.